The number of hydrogen-bond acceptors (Lipinski definition) is 2. The molecule has 3 fully saturated rings. The van der Waals surface area contributed by atoms with Crippen molar-refractivity contribution in [2.75, 3.05) is 0 Å². The number of carbonyl (C=O) groups is 1. The number of allylic oxidation sites excluding steroid dienone is 3. The van der Waals surface area contributed by atoms with Gasteiger partial charge in [0.2, 0.25) is 0 Å². The summed E-state index contributed by atoms with van der Waals surface area (Å²) in [5.41, 5.74) is 3.11. The Morgan fingerprint density at radius 2 is 1.79 bits per heavy atom. The van der Waals surface area contributed by atoms with Crippen molar-refractivity contribution in [3.8, 4) is 0 Å². The van der Waals surface area contributed by atoms with Crippen LogP contribution in [0.25, 0.3) is 0 Å². The maximum atomic E-state index is 11.1. The van der Waals surface area contributed by atoms with Gasteiger partial charge in [0.25, 0.3) is 0 Å². The molecule has 0 aromatic carbocycles. The highest BCUT2D eigenvalue weighted by Gasteiger charge is 2.65. The van der Waals surface area contributed by atoms with E-state index in [1.54, 1.807) is 12.5 Å². The van der Waals surface area contributed by atoms with E-state index in [1.807, 2.05) is 6.08 Å². The summed E-state index contributed by atoms with van der Waals surface area (Å²) >= 11 is 0. The lowest BCUT2D eigenvalue weighted by Crippen LogP contribution is -2.57. The van der Waals surface area contributed by atoms with Gasteiger partial charge in [0.15, 0.2) is 0 Å². The van der Waals surface area contributed by atoms with Gasteiger partial charge >= 0.3 is 5.97 Å². The van der Waals surface area contributed by atoms with Crippen LogP contribution in [0.5, 0.6) is 0 Å². The summed E-state index contributed by atoms with van der Waals surface area (Å²) in [4.78, 5) is 11.1. The zero-order chi connectivity index (χ0) is 24.4. The molecule has 33 heavy (non-hydrogen) atoms. The van der Waals surface area contributed by atoms with Crippen molar-refractivity contribution < 1.29 is 15.0 Å². The number of aliphatic hydroxyl groups is 1. The molecule has 0 saturated heterocycles. The van der Waals surface area contributed by atoms with E-state index in [2.05, 4.69) is 47.6 Å². The minimum absolute atomic E-state index is 0.00517. The maximum absolute atomic E-state index is 11.1. The second-order valence-corrected chi connectivity index (χ2v) is 13.6. The standard InChI is InChI=1S/C30H48O3/c1-19(9-8-10-20(2)26(32)33)21-13-17-30(7)23-11-12-24-27(3,4)25(31)15-16-28(24,5)22(23)14-18-29(21,30)6/h10,14,19,21,23-25,31H,8-9,11-13,15-18H2,1-7H3,(H,32,33)/b20-10-/t19-,21-,23-,24-,25-,28-,29-,30+/m1/s1. The van der Waals surface area contributed by atoms with Crippen LogP contribution in [0.15, 0.2) is 23.3 Å². The molecule has 4 aliphatic carbocycles. The Labute approximate surface area is 202 Å². The molecule has 3 nitrogen and oxygen atoms in total. The van der Waals surface area contributed by atoms with Crippen LogP contribution in [-0.4, -0.2) is 22.3 Å². The van der Waals surface area contributed by atoms with Gasteiger partial charge in [-0.2, -0.15) is 0 Å². The number of aliphatic carboxylic acids is 1. The molecular weight excluding hydrogens is 408 g/mol. The molecule has 2 N–H and O–H groups in total. The molecule has 3 saturated carbocycles. The Bertz CT molecular complexity index is 853. The average molecular weight is 457 g/mol. The number of hydrogen-bond donors (Lipinski definition) is 2. The van der Waals surface area contributed by atoms with Crippen molar-refractivity contribution in [2.24, 2.45) is 45.3 Å². The van der Waals surface area contributed by atoms with Crippen LogP contribution in [-0.2, 0) is 4.79 Å². The fourth-order valence-corrected chi connectivity index (χ4v) is 9.52. The van der Waals surface area contributed by atoms with Crippen molar-refractivity contribution >= 4 is 5.97 Å². The number of carboxylic acid groups (broad SMARTS) is 1. The van der Waals surface area contributed by atoms with E-state index in [0.29, 0.717) is 40.1 Å². The first-order chi connectivity index (χ1) is 15.3. The molecule has 0 amide bonds. The van der Waals surface area contributed by atoms with Gasteiger partial charge in [-0.15, -0.1) is 0 Å². The van der Waals surface area contributed by atoms with Crippen LogP contribution in [0.3, 0.4) is 0 Å². The first-order valence-electron chi connectivity index (χ1n) is 13.6. The zero-order valence-corrected chi connectivity index (χ0v) is 22.2. The SMILES string of the molecule is C/C(=C/CC[C@@H](C)[C@H]1CC[C@@]2(C)[C@@H]3CC[C@@H]4C(C)(C)[C@H](O)CC[C@]4(C)C3=CC[C@]12C)C(=O)O. The second-order valence-electron chi connectivity index (χ2n) is 13.6. The summed E-state index contributed by atoms with van der Waals surface area (Å²) in [6.07, 6.45) is 14.7. The van der Waals surface area contributed by atoms with E-state index < -0.39 is 5.97 Å². The van der Waals surface area contributed by atoms with Gasteiger partial charge in [0, 0.05) is 5.57 Å². The Hall–Kier alpha value is -1.09. The Morgan fingerprint density at radius 1 is 1.09 bits per heavy atom. The van der Waals surface area contributed by atoms with Crippen molar-refractivity contribution in [1.29, 1.82) is 0 Å². The van der Waals surface area contributed by atoms with Crippen LogP contribution >= 0.6 is 0 Å². The van der Waals surface area contributed by atoms with E-state index in [4.69, 9.17) is 5.11 Å². The summed E-state index contributed by atoms with van der Waals surface area (Å²) in [5.74, 6) is 1.77. The highest BCUT2D eigenvalue weighted by molar-refractivity contribution is 5.85. The third kappa shape index (κ3) is 3.58. The molecule has 3 heteroatoms. The van der Waals surface area contributed by atoms with Crippen LogP contribution in [0.1, 0.15) is 106 Å². The normalized spacial score (nSPS) is 45.5. The summed E-state index contributed by atoms with van der Waals surface area (Å²) in [6, 6.07) is 0. The highest BCUT2D eigenvalue weighted by atomic mass is 16.4. The molecule has 4 rings (SSSR count). The second kappa shape index (κ2) is 8.25. The molecule has 0 spiro atoms. The molecule has 186 valence electrons. The van der Waals surface area contributed by atoms with E-state index in [1.165, 1.54) is 32.1 Å². The largest absolute Gasteiger partial charge is 0.478 e. The monoisotopic (exact) mass is 456 g/mol. The van der Waals surface area contributed by atoms with Gasteiger partial charge in [0.1, 0.15) is 0 Å². The van der Waals surface area contributed by atoms with Crippen LogP contribution < -0.4 is 0 Å². The Kier molecular flexibility index (Phi) is 6.25. The predicted octanol–water partition coefficient (Wildman–Crippen LogP) is 7.40. The fourth-order valence-electron chi connectivity index (χ4n) is 9.52. The highest BCUT2D eigenvalue weighted by Crippen LogP contribution is 2.73. The fraction of sp³-hybridized carbons (Fsp3) is 0.833. The third-order valence-corrected chi connectivity index (χ3v) is 12.0. The lowest BCUT2D eigenvalue weighted by Gasteiger charge is -2.64. The smallest absolute Gasteiger partial charge is 0.330 e. The molecule has 0 heterocycles. The minimum atomic E-state index is -0.796. The lowest BCUT2D eigenvalue weighted by molar-refractivity contribution is -0.132. The summed E-state index contributed by atoms with van der Waals surface area (Å²) in [7, 11) is 0. The lowest BCUT2D eigenvalue weighted by atomic mass is 9.41. The Balaban J connectivity index is 1.59. The average Bonchev–Trinajstić information content (AvgIpc) is 3.02. The van der Waals surface area contributed by atoms with E-state index in [-0.39, 0.29) is 16.9 Å². The third-order valence-electron chi connectivity index (χ3n) is 12.0. The van der Waals surface area contributed by atoms with E-state index in [9.17, 15) is 9.90 Å². The van der Waals surface area contributed by atoms with E-state index in [0.717, 1.165) is 25.7 Å². The van der Waals surface area contributed by atoms with E-state index >= 15 is 0 Å². The molecule has 0 aromatic heterocycles. The molecule has 4 aliphatic rings. The topological polar surface area (TPSA) is 57.5 Å². The first-order valence-corrected chi connectivity index (χ1v) is 13.6. The van der Waals surface area contributed by atoms with Crippen molar-refractivity contribution in [3.05, 3.63) is 23.3 Å². The van der Waals surface area contributed by atoms with Crippen molar-refractivity contribution in [2.45, 2.75) is 112 Å². The number of carboxylic acids is 1. The number of aliphatic hydroxyl groups excluding tert-OH is 1. The van der Waals surface area contributed by atoms with Gasteiger partial charge in [-0.25, -0.2) is 4.79 Å². The molecule has 0 aromatic rings. The van der Waals surface area contributed by atoms with Gasteiger partial charge < -0.3 is 10.2 Å². The molecule has 0 bridgehead atoms. The molecular formula is C30H48O3. The van der Waals surface area contributed by atoms with Gasteiger partial charge in [-0.05, 0) is 110 Å². The predicted molar refractivity (Wildman–Crippen MR) is 135 cm³/mol. The summed E-state index contributed by atoms with van der Waals surface area (Å²) in [6.45, 7) is 16.5. The van der Waals surface area contributed by atoms with Crippen molar-refractivity contribution in [3.63, 3.8) is 0 Å². The number of rotatable bonds is 5. The van der Waals surface area contributed by atoms with Crippen LogP contribution in [0.4, 0.5) is 0 Å². The Morgan fingerprint density at radius 3 is 2.45 bits per heavy atom. The van der Waals surface area contributed by atoms with Gasteiger partial charge in [-0.1, -0.05) is 59.3 Å². The number of fused-ring (bicyclic) bond motifs is 5. The molecule has 8 atom stereocenters. The molecule has 0 unspecified atom stereocenters. The van der Waals surface area contributed by atoms with Crippen LogP contribution in [0, 0.1) is 45.3 Å². The molecule has 0 aliphatic heterocycles. The van der Waals surface area contributed by atoms with Gasteiger partial charge in [0.05, 0.1) is 6.10 Å². The summed E-state index contributed by atoms with van der Waals surface area (Å²) in [5, 5.41) is 20.0. The quantitative estimate of drug-likeness (QED) is 0.335. The maximum Gasteiger partial charge on any atom is 0.330 e. The molecule has 0 radical (unpaired) electrons. The van der Waals surface area contributed by atoms with Gasteiger partial charge in [-0.3, -0.25) is 0 Å². The zero-order valence-electron chi connectivity index (χ0n) is 22.2. The minimum Gasteiger partial charge on any atom is -0.478 e. The van der Waals surface area contributed by atoms with Crippen LogP contribution in [0.2, 0.25) is 0 Å². The van der Waals surface area contributed by atoms with Crippen molar-refractivity contribution in [1.82, 2.24) is 0 Å². The first kappa shape index (κ1) is 25.0. The summed E-state index contributed by atoms with van der Waals surface area (Å²) < 4.78 is 0.